The molecule has 11 nitrogen and oxygen atoms in total. The van der Waals surface area contributed by atoms with Crippen molar-refractivity contribution >= 4 is 11.4 Å². The molecule has 9 rings (SSSR count). The van der Waals surface area contributed by atoms with Crippen molar-refractivity contribution in [2.24, 2.45) is 47.3 Å². The quantitative estimate of drug-likeness (QED) is 0.157. The van der Waals surface area contributed by atoms with E-state index in [1.807, 2.05) is 0 Å². The second kappa shape index (κ2) is 13.5. The number of hydrogen-bond donors (Lipinski definition) is 8. The van der Waals surface area contributed by atoms with Crippen molar-refractivity contribution in [3.05, 3.63) is 0 Å². The van der Waals surface area contributed by atoms with Crippen molar-refractivity contribution in [1.82, 2.24) is 42.5 Å². The summed E-state index contributed by atoms with van der Waals surface area (Å²) in [6.45, 7) is 0. The standard InChI is InChI=1S/C32H56N8O3S.Cu/c41-44(42)43-23-15-7-14-22-24(23)32-39-30-21-13-6-5-12-20(21)28(37-30)35-26-17-9-2-1-8-16(17)25(33-26)34-27-18-10-3-4-11-19(18)29(36-27)38-31(22)40-32;/h16-40H,1-15H2,(H,41,42);/p-1. The van der Waals surface area contributed by atoms with Gasteiger partial charge in [0.25, 0.3) is 0 Å². The molecule has 8 N–H and O–H groups in total. The Balaban J connectivity index is 0.00000300. The van der Waals surface area contributed by atoms with E-state index in [1.165, 1.54) is 77.0 Å². The fraction of sp³-hybridized carbons (Fsp3) is 1.00. The molecule has 45 heavy (non-hydrogen) atoms. The normalized spacial score (nSPS) is 54.6. The van der Waals surface area contributed by atoms with Crippen LogP contribution in [0.3, 0.4) is 0 Å². The van der Waals surface area contributed by atoms with Gasteiger partial charge < -0.3 is 4.55 Å². The Morgan fingerprint density at radius 1 is 0.422 bits per heavy atom. The second-order valence-corrected chi connectivity index (χ2v) is 16.6. The van der Waals surface area contributed by atoms with Gasteiger partial charge in [-0.05, 0) is 92.8 Å². The van der Waals surface area contributed by atoms with Crippen LogP contribution in [0.15, 0.2) is 0 Å². The number of nitrogens with one attached hydrogen (secondary N) is 8. The van der Waals surface area contributed by atoms with Crippen molar-refractivity contribution in [1.29, 1.82) is 0 Å². The van der Waals surface area contributed by atoms with Crippen LogP contribution < -0.4 is 42.5 Å². The summed E-state index contributed by atoms with van der Waals surface area (Å²) < 4.78 is 29.3. The van der Waals surface area contributed by atoms with Crippen molar-refractivity contribution in [2.75, 3.05) is 0 Å². The van der Waals surface area contributed by atoms with E-state index in [1.54, 1.807) is 0 Å². The molecule has 18 unspecified atom stereocenters. The van der Waals surface area contributed by atoms with Crippen LogP contribution in [0.1, 0.15) is 96.3 Å². The first kappa shape index (κ1) is 32.5. The summed E-state index contributed by atoms with van der Waals surface area (Å²) in [5.41, 5.74) is 0. The summed E-state index contributed by atoms with van der Waals surface area (Å²) in [7, 11) is 0. The van der Waals surface area contributed by atoms with E-state index in [2.05, 4.69) is 42.5 Å². The summed E-state index contributed by atoms with van der Waals surface area (Å²) in [5.74, 6) is 4.16. The number of rotatable bonds is 2. The first-order valence-corrected chi connectivity index (χ1v) is 19.5. The fourth-order valence-corrected chi connectivity index (χ4v) is 12.6. The van der Waals surface area contributed by atoms with Gasteiger partial charge in [-0.15, -0.1) is 0 Å². The molecule has 0 aromatic heterocycles. The first-order chi connectivity index (χ1) is 21.6. The summed E-state index contributed by atoms with van der Waals surface area (Å²) in [6.07, 6.45) is 20.0. The molecule has 9 aliphatic rings. The molecule has 9 fully saturated rings. The maximum absolute atomic E-state index is 11.8. The Morgan fingerprint density at radius 2 is 0.711 bits per heavy atom. The summed E-state index contributed by atoms with van der Waals surface area (Å²) in [4.78, 5) is 0. The molecule has 259 valence electrons. The van der Waals surface area contributed by atoms with Crippen LogP contribution in [0, 0.1) is 47.3 Å². The summed E-state index contributed by atoms with van der Waals surface area (Å²) in [6, 6.07) is 0. The average Bonchev–Trinajstić information content (AvgIpc) is 3.77. The second-order valence-electron chi connectivity index (χ2n) is 16.0. The predicted molar refractivity (Wildman–Crippen MR) is 166 cm³/mol. The van der Waals surface area contributed by atoms with Gasteiger partial charge in [-0.3, -0.25) is 46.7 Å². The van der Waals surface area contributed by atoms with Gasteiger partial charge in [0.1, 0.15) is 0 Å². The van der Waals surface area contributed by atoms with Crippen LogP contribution in [-0.2, 0) is 32.6 Å². The zero-order chi connectivity index (χ0) is 29.4. The third-order valence-corrected chi connectivity index (χ3v) is 14.4. The third kappa shape index (κ3) is 5.95. The van der Waals surface area contributed by atoms with Gasteiger partial charge in [-0.1, -0.05) is 44.9 Å². The predicted octanol–water partition coefficient (Wildman–Crippen LogP) is 1.39. The molecule has 5 saturated heterocycles. The smallest absolute Gasteiger partial charge is 0.0844 e. The molecule has 0 aromatic rings. The molecular formula is C32H55CuN8O3S-. The van der Waals surface area contributed by atoms with E-state index in [0.29, 0.717) is 59.9 Å². The van der Waals surface area contributed by atoms with Crippen LogP contribution in [0.4, 0.5) is 0 Å². The summed E-state index contributed by atoms with van der Waals surface area (Å²) >= 11 is -2.51. The van der Waals surface area contributed by atoms with Crippen LogP contribution in [0.25, 0.3) is 0 Å². The number of fused-ring (bicyclic) bond motifs is 20. The Kier molecular flexibility index (Phi) is 9.76. The molecule has 0 spiro atoms. The molecule has 8 bridgehead atoms. The molecule has 13 heteroatoms. The van der Waals surface area contributed by atoms with Gasteiger partial charge in [0, 0.05) is 23.0 Å². The Bertz CT molecular complexity index is 1080. The molecule has 1 radical (unpaired) electrons. The Morgan fingerprint density at radius 3 is 1.04 bits per heavy atom. The zero-order valence-corrected chi connectivity index (χ0v) is 28.1. The largest absolute Gasteiger partial charge is 0.750 e. The molecule has 4 aliphatic carbocycles. The molecule has 0 amide bonds. The van der Waals surface area contributed by atoms with E-state index >= 15 is 0 Å². The third-order valence-electron chi connectivity index (χ3n) is 14.0. The minimum Gasteiger partial charge on any atom is -0.750 e. The van der Waals surface area contributed by atoms with E-state index in [4.69, 9.17) is 4.18 Å². The SMILES string of the molecule is O=S([O-])OC1CCCC2C3NC4NC(NC5NC(NC6NC(NC(N3)C12)C1CCCCC61)C1CCCCC51)C1CCCCC41.[Cu]. The molecule has 4 saturated carbocycles. The van der Waals surface area contributed by atoms with Gasteiger partial charge in [-0.2, -0.15) is 0 Å². The van der Waals surface area contributed by atoms with Crippen LogP contribution in [0.5, 0.6) is 0 Å². The Hall–Kier alpha value is 0.269. The van der Waals surface area contributed by atoms with Crippen molar-refractivity contribution in [3.8, 4) is 0 Å². The fourth-order valence-electron chi connectivity index (χ4n) is 12.2. The van der Waals surface area contributed by atoms with Gasteiger partial charge in [0.2, 0.25) is 0 Å². The number of hydrogen-bond acceptors (Lipinski definition) is 11. The van der Waals surface area contributed by atoms with Gasteiger partial charge in [0.15, 0.2) is 0 Å². The van der Waals surface area contributed by atoms with Gasteiger partial charge >= 0.3 is 0 Å². The van der Waals surface area contributed by atoms with Gasteiger partial charge in [-0.25, -0.2) is 4.21 Å². The molecule has 18 atom stereocenters. The minimum atomic E-state index is -2.51. The summed E-state index contributed by atoms with van der Waals surface area (Å²) in [5, 5.41) is 32.9. The van der Waals surface area contributed by atoms with E-state index in [-0.39, 0.29) is 59.9 Å². The van der Waals surface area contributed by atoms with Crippen molar-refractivity contribution in [2.45, 2.75) is 152 Å². The maximum Gasteiger partial charge on any atom is 0.0844 e. The zero-order valence-electron chi connectivity index (χ0n) is 26.4. The van der Waals surface area contributed by atoms with Crippen LogP contribution >= 0.6 is 0 Å². The van der Waals surface area contributed by atoms with Crippen molar-refractivity contribution in [3.63, 3.8) is 0 Å². The van der Waals surface area contributed by atoms with E-state index in [9.17, 15) is 8.76 Å². The van der Waals surface area contributed by atoms with Gasteiger partial charge in [0.05, 0.1) is 66.8 Å². The van der Waals surface area contributed by atoms with E-state index < -0.39 is 11.4 Å². The molecular weight excluding hydrogens is 640 g/mol. The average molecular weight is 695 g/mol. The topological polar surface area (TPSA) is 146 Å². The van der Waals surface area contributed by atoms with Crippen LogP contribution in [0.2, 0.25) is 0 Å². The molecule has 0 aromatic carbocycles. The monoisotopic (exact) mass is 694 g/mol. The maximum atomic E-state index is 11.8. The van der Waals surface area contributed by atoms with Crippen molar-refractivity contribution < 1.29 is 30.0 Å². The molecule has 5 aliphatic heterocycles. The molecule has 5 heterocycles. The van der Waals surface area contributed by atoms with E-state index in [0.717, 1.165) is 19.3 Å². The first-order valence-electron chi connectivity index (χ1n) is 18.5. The van der Waals surface area contributed by atoms with Crippen LogP contribution in [-0.4, -0.2) is 64.2 Å². The minimum absolute atomic E-state index is 0. The Labute approximate surface area is 282 Å².